The predicted octanol–water partition coefficient (Wildman–Crippen LogP) is 9.69. The highest BCUT2D eigenvalue weighted by atomic mass is 19.2. The first-order chi connectivity index (χ1) is 18.0. The molecule has 0 saturated carbocycles. The van der Waals surface area contributed by atoms with Gasteiger partial charge in [0.1, 0.15) is 5.82 Å². The fourth-order valence-electron chi connectivity index (χ4n) is 4.40. The normalized spacial score (nSPS) is 11.4. The SMILES string of the molecule is CCCCCc1ccc(-c2ccc(C=Cc3ccc(-c4ccc(CCC)cn4)c(F)c3F)cc2)c(F)c1. The molecule has 4 heteroatoms. The van der Waals surface area contributed by atoms with Crippen molar-refractivity contribution in [1.82, 2.24) is 4.98 Å². The van der Waals surface area contributed by atoms with Crippen LogP contribution in [0.4, 0.5) is 13.2 Å². The Morgan fingerprint density at radius 2 is 1.43 bits per heavy atom. The minimum absolute atomic E-state index is 0.139. The molecule has 3 aromatic carbocycles. The van der Waals surface area contributed by atoms with Gasteiger partial charge in [-0.25, -0.2) is 13.2 Å². The van der Waals surface area contributed by atoms with Gasteiger partial charge >= 0.3 is 0 Å². The van der Waals surface area contributed by atoms with Crippen molar-refractivity contribution in [1.29, 1.82) is 0 Å². The number of pyridine rings is 1. The van der Waals surface area contributed by atoms with Crippen LogP contribution < -0.4 is 0 Å². The van der Waals surface area contributed by atoms with Gasteiger partial charge < -0.3 is 0 Å². The molecule has 0 aliphatic rings. The Balaban J connectivity index is 1.47. The molecule has 0 N–H and O–H groups in total. The lowest BCUT2D eigenvalue weighted by atomic mass is 9.99. The molecule has 37 heavy (non-hydrogen) atoms. The van der Waals surface area contributed by atoms with Gasteiger partial charge in [0.25, 0.3) is 0 Å². The topological polar surface area (TPSA) is 12.9 Å². The average molecular weight is 500 g/mol. The van der Waals surface area contributed by atoms with Crippen LogP contribution >= 0.6 is 0 Å². The number of nitrogens with zero attached hydrogens (tertiary/aromatic N) is 1. The van der Waals surface area contributed by atoms with Gasteiger partial charge in [0.05, 0.1) is 5.69 Å². The number of aryl methyl sites for hydroxylation is 2. The summed E-state index contributed by atoms with van der Waals surface area (Å²) in [7, 11) is 0. The van der Waals surface area contributed by atoms with Gasteiger partial charge in [0, 0.05) is 22.9 Å². The second-order valence-corrected chi connectivity index (χ2v) is 9.36. The highest BCUT2D eigenvalue weighted by Gasteiger charge is 2.14. The van der Waals surface area contributed by atoms with Crippen LogP contribution in [0.1, 0.15) is 61.8 Å². The number of benzene rings is 3. The maximum Gasteiger partial charge on any atom is 0.168 e. The van der Waals surface area contributed by atoms with E-state index in [1.54, 1.807) is 42.6 Å². The van der Waals surface area contributed by atoms with Crippen molar-refractivity contribution in [2.45, 2.75) is 52.4 Å². The van der Waals surface area contributed by atoms with Crippen LogP contribution in [0.5, 0.6) is 0 Å². The summed E-state index contributed by atoms with van der Waals surface area (Å²) in [6.45, 7) is 4.23. The highest BCUT2D eigenvalue weighted by molar-refractivity contribution is 5.74. The van der Waals surface area contributed by atoms with Crippen molar-refractivity contribution in [2.24, 2.45) is 0 Å². The molecule has 0 spiro atoms. The molecule has 4 rings (SSSR count). The van der Waals surface area contributed by atoms with Gasteiger partial charge in [0.2, 0.25) is 0 Å². The van der Waals surface area contributed by atoms with Crippen LogP contribution in [0, 0.1) is 17.5 Å². The van der Waals surface area contributed by atoms with E-state index >= 15 is 0 Å². The van der Waals surface area contributed by atoms with Crippen molar-refractivity contribution in [3.8, 4) is 22.4 Å². The third kappa shape index (κ3) is 6.56. The Morgan fingerprint density at radius 1 is 0.676 bits per heavy atom. The Bertz CT molecular complexity index is 1360. The standard InChI is InChI=1S/C33H32F3N/c1-3-5-6-8-24-12-18-28(30(34)21-24)26-14-9-23(10-15-26)11-16-27-17-19-29(33(36)32(27)35)31-20-13-25(7-4-2)22-37-31/h9-22H,3-8H2,1-2H3. The molecule has 0 saturated heterocycles. The molecule has 0 atom stereocenters. The average Bonchev–Trinajstić information content (AvgIpc) is 2.91. The lowest BCUT2D eigenvalue weighted by Crippen LogP contribution is -1.95. The molecule has 0 fully saturated rings. The Labute approximate surface area is 217 Å². The second-order valence-electron chi connectivity index (χ2n) is 9.36. The number of aromatic nitrogens is 1. The van der Waals surface area contributed by atoms with E-state index in [-0.39, 0.29) is 16.9 Å². The molecule has 0 aliphatic carbocycles. The van der Waals surface area contributed by atoms with Gasteiger partial charge in [-0.1, -0.05) is 93.8 Å². The van der Waals surface area contributed by atoms with E-state index in [2.05, 4.69) is 18.8 Å². The van der Waals surface area contributed by atoms with Crippen molar-refractivity contribution in [2.75, 3.05) is 0 Å². The van der Waals surface area contributed by atoms with E-state index in [0.29, 0.717) is 11.3 Å². The number of unbranched alkanes of at least 4 members (excludes halogenated alkanes) is 2. The molecular weight excluding hydrogens is 467 g/mol. The van der Waals surface area contributed by atoms with Gasteiger partial charge in [-0.2, -0.15) is 0 Å². The molecule has 1 heterocycles. The van der Waals surface area contributed by atoms with Gasteiger partial charge in [-0.3, -0.25) is 4.98 Å². The lowest BCUT2D eigenvalue weighted by Gasteiger charge is -2.08. The van der Waals surface area contributed by atoms with E-state index in [0.717, 1.165) is 60.8 Å². The van der Waals surface area contributed by atoms with Crippen molar-refractivity contribution in [3.05, 3.63) is 113 Å². The van der Waals surface area contributed by atoms with Crippen molar-refractivity contribution in [3.63, 3.8) is 0 Å². The minimum atomic E-state index is -0.915. The summed E-state index contributed by atoms with van der Waals surface area (Å²) < 4.78 is 44.4. The summed E-state index contributed by atoms with van der Waals surface area (Å²) in [6, 6.07) is 19.5. The van der Waals surface area contributed by atoms with E-state index in [9.17, 15) is 13.2 Å². The molecule has 1 nitrogen and oxygen atoms in total. The molecule has 0 unspecified atom stereocenters. The third-order valence-corrected chi connectivity index (χ3v) is 6.53. The summed E-state index contributed by atoms with van der Waals surface area (Å²) in [4.78, 5) is 4.30. The largest absolute Gasteiger partial charge is 0.256 e. The number of hydrogen-bond donors (Lipinski definition) is 0. The number of halogens is 3. The second kappa shape index (κ2) is 12.5. The van der Waals surface area contributed by atoms with Gasteiger partial charge in [0.15, 0.2) is 11.6 Å². The molecule has 4 aromatic rings. The summed E-state index contributed by atoms with van der Waals surface area (Å²) in [6.07, 6.45) is 11.1. The number of hydrogen-bond acceptors (Lipinski definition) is 1. The Hall–Kier alpha value is -3.66. The van der Waals surface area contributed by atoms with Gasteiger partial charge in [-0.15, -0.1) is 0 Å². The van der Waals surface area contributed by atoms with Crippen molar-refractivity contribution < 1.29 is 13.2 Å². The monoisotopic (exact) mass is 499 g/mol. The zero-order valence-electron chi connectivity index (χ0n) is 21.4. The zero-order chi connectivity index (χ0) is 26.2. The van der Waals surface area contributed by atoms with E-state index in [1.807, 2.05) is 42.5 Å². The van der Waals surface area contributed by atoms with Crippen LogP contribution in [-0.2, 0) is 12.8 Å². The van der Waals surface area contributed by atoms with Crippen LogP contribution in [-0.4, -0.2) is 4.98 Å². The van der Waals surface area contributed by atoms with Crippen molar-refractivity contribution >= 4 is 12.2 Å². The third-order valence-electron chi connectivity index (χ3n) is 6.53. The molecule has 1 aromatic heterocycles. The first-order valence-corrected chi connectivity index (χ1v) is 13.0. The first kappa shape index (κ1) is 26.4. The lowest BCUT2D eigenvalue weighted by molar-refractivity contribution is 0.509. The fourth-order valence-corrected chi connectivity index (χ4v) is 4.40. The molecule has 190 valence electrons. The maximum absolute atomic E-state index is 14.8. The van der Waals surface area contributed by atoms with Crippen LogP contribution in [0.2, 0.25) is 0 Å². The Morgan fingerprint density at radius 3 is 2.11 bits per heavy atom. The highest BCUT2D eigenvalue weighted by Crippen LogP contribution is 2.28. The molecule has 0 radical (unpaired) electrons. The molecule has 0 aliphatic heterocycles. The zero-order valence-corrected chi connectivity index (χ0v) is 21.4. The summed E-state index contributed by atoms with van der Waals surface area (Å²) >= 11 is 0. The fraction of sp³-hybridized carbons (Fsp3) is 0.242. The number of rotatable bonds is 10. The van der Waals surface area contributed by atoms with Crippen LogP contribution in [0.3, 0.4) is 0 Å². The first-order valence-electron chi connectivity index (χ1n) is 13.0. The summed E-state index contributed by atoms with van der Waals surface area (Å²) in [5.41, 5.74) is 4.90. The minimum Gasteiger partial charge on any atom is -0.256 e. The Kier molecular flexibility index (Phi) is 8.95. The van der Waals surface area contributed by atoms with Crippen LogP contribution in [0.15, 0.2) is 72.9 Å². The quantitative estimate of drug-likeness (QED) is 0.156. The molecular formula is C33H32F3N. The maximum atomic E-state index is 14.8. The van der Waals surface area contributed by atoms with E-state index in [4.69, 9.17) is 0 Å². The predicted molar refractivity (Wildman–Crippen MR) is 148 cm³/mol. The molecule has 0 amide bonds. The molecule has 0 bridgehead atoms. The van der Waals surface area contributed by atoms with E-state index < -0.39 is 11.6 Å². The van der Waals surface area contributed by atoms with Crippen LogP contribution in [0.25, 0.3) is 34.5 Å². The summed E-state index contributed by atoms with van der Waals surface area (Å²) in [5.74, 6) is -2.06. The summed E-state index contributed by atoms with van der Waals surface area (Å²) in [5, 5.41) is 0. The van der Waals surface area contributed by atoms with Gasteiger partial charge in [-0.05, 0) is 59.7 Å². The smallest absolute Gasteiger partial charge is 0.168 e. The van der Waals surface area contributed by atoms with E-state index in [1.165, 1.54) is 0 Å².